The van der Waals surface area contributed by atoms with E-state index in [0.717, 1.165) is 16.9 Å². The fourth-order valence-electron chi connectivity index (χ4n) is 2.41. The molecular formula is C15H19Cl3N2O. The fourth-order valence-corrected chi connectivity index (χ4v) is 2.91. The second-order valence-electron chi connectivity index (χ2n) is 5.26. The van der Waals surface area contributed by atoms with Gasteiger partial charge < -0.3 is 9.30 Å². The Morgan fingerprint density at radius 1 is 1.24 bits per heavy atom. The third kappa shape index (κ3) is 3.48. The van der Waals surface area contributed by atoms with Crippen LogP contribution in [0.1, 0.15) is 32.6 Å². The third-order valence-electron chi connectivity index (χ3n) is 3.52. The molecule has 2 aromatic rings. The number of alkyl halides is 1. The molecule has 0 saturated carbocycles. The minimum atomic E-state index is 0.154. The Bertz CT molecular complexity index is 625. The SMILES string of the molecule is CCOCC(C(C)C)n1c(CCl)nc2cc(Cl)c(Cl)cc21. The lowest BCUT2D eigenvalue weighted by molar-refractivity contribution is 0.0971. The topological polar surface area (TPSA) is 27.1 Å². The number of hydrogen-bond acceptors (Lipinski definition) is 2. The largest absolute Gasteiger partial charge is 0.380 e. The van der Waals surface area contributed by atoms with Gasteiger partial charge in [-0.25, -0.2) is 4.98 Å². The van der Waals surface area contributed by atoms with Crippen LogP contribution in [0.4, 0.5) is 0 Å². The molecule has 0 amide bonds. The minimum absolute atomic E-state index is 0.154. The summed E-state index contributed by atoms with van der Waals surface area (Å²) in [5, 5.41) is 1.02. The first kappa shape index (κ1) is 16.9. The predicted octanol–water partition coefficient (Wildman–Crippen LogP) is 5.32. The lowest BCUT2D eigenvalue weighted by atomic mass is 10.0. The van der Waals surface area contributed by atoms with Crippen LogP contribution in [0.2, 0.25) is 10.0 Å². The number of fused-ring (bicyclic) bond motifs is 1. The van der Waals surface area contributed by atoms with Gasteiger partial charge in [-0.1, -0.05) is 37.0 Å². The van der Waals surface area contributed by atoms with E-state index in [9.17, 15) is 0 Å². The third-order valence-corrected chi connectivity index (χ3v) is 4.48. The van der Waals surface area contributed by atoms with Crippen LogP contribution in [0.3, 0.4) is 0 Å². The van der Waals surface area contributed by atoms with Crippen molar-refractivity contribution in [3.63, 3.8) is 0 Å². The Labute approximate surface area is 140 Å². The molecule has 21 heavy (non-hydrogen) atoms. The van der Waals surface area contributed by atoms with Crippen molar-refractivity contribution in [1.29, 1.82) is 0 Å². The first-order chi connectivity index (χ1) is 9.99. The Hall–Kier alpha value is -0.480. The molecule has 0 aliphatic rings. The highest BCUT2D eigenvalue weighted by Crippen LogP contribution is 2.32. The van der Waals surface area contributed by atoms with Crippen molar-refractivity contribution in [2.24, 2.45) is 5.92 Å². The van der Waals surface area contributed by atoms with E-state index in [-0.39, 0.29) is 6.04 Å². The zero-order valence-electron chi connectivity index (χ0n) is 12.4. The number of halogens is 3. The lowest BCUT2D eigenvalue weighted by Gasteiger charge is -2.25. The summed E-state index contributed by atoms with van der Waals surface area (Å²) in [4.78, 5) is 4.58. The van der Waals surface area contributed by atoms with Crippen LogP contribution in [-0.2, 0) is 10.6 Å². The monoisotopic (exact) mass is 348 g/mol. The Morgan fingerprint density at radius 2 is 1.90 bits per heavy atom. The van der Waals surface area contributed by atoms with Crippen LogP contribution in [0, 0.1) is 5.92 Å². The van der Waals surface area contributed by atoms with Crippen molar-refractivity contribution in [2.45, 2.75) is 32.7 Å². The van der Waals surface area contributed by atoms with Gasteiger partial charge in [-0.3, -0.25) is 0 Å². The summed E-state index contributed by atoms with van der Waals surface area (Å²) in [5.41, 5.74) is 1.75. The number of ether oxygens (including phenoxy) is 1. The van der Waals surface area contributed by atoms with E-state index in [4.69, 9.17) is 39.5 Å². The Kier molecular flexibility index (Phi) is 5.78. The van der Waals surface area contributed by atoms with Gasteiger partial charge in [0.2, 0.25) is 0 Å². The Balaban J connectivity index is 2.60. The predicted molar refractivity (Wildman–Crippen MR) is 89.7 cm³/mol. The van der Waals surface area contributed by atoms with Crippen molar-refractivity contribution in [2.75, 3.05) is 13.2 Å². The van der Waals surface area contributed by atoms with E-state index in [1.807, 2.05) is 13.0 Å². The van der Waals surface area contributed by atoms with Gasteiger partial charge in [-0.15, -0.1) is 11.6 Å². The molecule has 0 radical (unpaired) electrons. The molecule has 1 aromatic carbocycles. The number of rotatable bonds is 6. The molecule has 0 bridgehead atoms. The van der Waals surface area contributed by atoms with E-state index < -0.39 is 0 Å². The number of nitrogens with zero attached hydrogens (tertiary/aromatic N) is 2. The standard InChI is InChI=1S/C15H19Cl3N2O/c1-4-21-8-14(9(2)3)20-13-6-11(18)10(17)5-12(13)19-15(20)7-16/h5-6,9,14H,4,7-8H2,1-3H3. The first-order valence-electron chi connectivity index (χ1n) is 6.99. The summed E-state index contributed by atoms with van der Waals surface area (Å²) in [5.74, 6) is 1.52. The molecule has 1 atom stereocenters. The summed E-state index contributed by atoms with van der Waals surface area (Å²) in [6.07, 6.45) is 0. The highest BCUT2D eigenvalue weighted by atomic mass is 35.5. The van der Waals surface area contributed by atoms with Crippen LogP contribution in [0.5, 0.6) is 0 Å². The smallest absolute Gasteiger partial charge is 0.125 e. The number of imidazole rings is 1. The van der Waals surface area contributed by atoms with E-state index in [2.05, 4.69) is 23.4 Å². The van der Waals surface area contributed by atoms with Crippen LogP contribution in [0.25, 0.3) is 11.0 Å². The lowest BCUT2D eigenvalue weighted by Crippen LogP contribution is -2.22. The van der Waals surface area contributed by atoms with Gasteiger partial charge in [0.25, 0.3) is 0 Å². The van der Waals surface area contributed by atoms with Gasteiger partial charge in [-0.2, -0.15) is 0 Å². The van der Waals surface area contributed by atoms with E-state index >= 15 is 0 Å². The second-order valence-corrected chi connectivity index (χ2v) is 6.34. The normalized spacial score (nSPS) is 13.3. The summed E-state index contributed by atoms with van der Waals surface area (Å²) in [6, 6.07) is 3.79. The molecule has 0 aliphatic heterocycles. The summed E-state index contributed by atoms with van der Waals surface area (Å²) in [6.45, 7) is 7.60. The molecule has 0 spiro atoms. The van der Waals surface area contributed by atoms with Gasteiger partial charge in [0, 0.05) is 6.61 Å². The van der Waals surface area contributed by atoms with Crippen molar-refractivity contribution in [3.05, 3.63) is 28.0 Å². The highest BCUT2D eigenvalue weighted by molar-refractivity contribution is 6.42. The molecule has 1 heterocycles. The number of hydrogen-bond donors (Lipinski definition) is 0. The van der Waals surface area contributed by atoms with Gasteiger partial charge in [0.15, 0.2) is 0 Å². The average molecular weight is 350 g/mol. The molecule has 0 saturated heterocycles. The fraction of sp³-hybridized carbons (Fsp3) is 0.533. The summed E-state index contributed by atoms with van der Waals surface area (Å²) < 4.78 is 7.76. The van der Waals surface area contributed by atoms with E-state index in [0.29, 0.717) is 35.1 Å². The van der Waals surface area contributed by atoms with Crippen molar-refractivity contribution in [1.82, 2.24) is 9.55 Å². The van der Waals surface area contributed by atoms with Crippen molar-refractivity contribution < 1.29 is 4.74 Å². The summed E-state index contributed by atoms with van der Waals surface area (Å²) >= 11 is 18.3. The molecule has 6 heteroatoms. The molecule has 3 nitrogen and oxygen atoms in total. The zero-order valence-corrected chi connectivity index (χ0v) is 14.6. The van der Waals surface area contributed by atoms with E-state index in [1.54, 1.807) is 6.07 Å². The zero-order chi connectivity index (χ0) is 15.6. The maximum atomic E-state index is 6.16. The summed E-state index contributed by atoms with van der Waals surface area (Å²) in [7, 11) is 0. The molecule has 0 N–H and O–H groups in total. The number of aromatic nitrogens is 2. The highest BCUT2D eigenvalue weighted by Gasteiger charge is 2.22. The van der Waals surface area contributed by atoms with Crippen molar-refractivity contribution in [3.8, 4) is 0 Å². The van der Waals surface area contributed by atoms with Crippen LogP contribution in [0.15, 0.2) is 12.1 Å². The molecule has 1 aromatic heterocycles. The Morgan fingerprint density at radius 3 is 2.48 bits per heavy atom. The van der Waals surface area contributed by atoms with Crippen LogP contribution < -0.4 is 0 Å². The van der Waals surface area contributed by atoms with Gasteiger partial charge >= 0.3 is 0 Å². The first-order valence-corrected chi connectivity index (χ1v) is 8.28. The average Bonchev–Trinajstić information content (AvgIpc) is 2.77. The molecule has 0 fully saturated rings. The van der Waals surface area contributed by atoms with Crippen LogP contribution >= 0.6 is 34.8 Å². The maximum absolute atomic E-state index is 6.16. The van der Waals surface area contributed by atoms with Gasteiger partial charge in [0.1, 0.15) is 5.82 Å². The van der Waals surface area contributed by atoms with Crippen molar-refractivity contribution >= 4 is 45.8 Å². The van der Waals surface area contributed by atoms with Gasteiger partial charge in [-0.05, 0) is 25.0 Å². The molecule has 116 valence electrons. The maximum Gasteiger partial charge on any atom is 0.125 e. The van der Waals surface area contributed by atoms with Crippen LogP contribution in [-0.4, -0.2) is 22.8 Å². The number of benzene rings is 1. The quantitative estimate of drug-likeness (QED) is 0.660. The van der Waals surface area contributed by atoms with E-state index in [1.165, 1.54) is 0 Å². The molecule has 0 aliphatic carbocycles. The second kappa shape index (κ2) is 7.19. The molecular weight excluding hydrogens is 331 g/mol. The van der Waals surface area contributed by atoms with Gasteiger partial charge in [0.05, 0.1) is 39.6 Å². The molecule has 1 unspecified atom stereocenters. The minimum Gasteiger partial charge on any atom is -0.380 e. The molecule has 2 rings (SSSR count).